The topological polar surface area (TPSA) is 58.1 Å². The van der Waals surface area contributed by atoms with Crippen molar-refractivity contribution in [3.63, 3.8) is 0 Å². The highest BCUT2D eigenvalue weighted by molar-refractivity contribution is 6.36. The second-order valence-electron chi connectivity index (χ2n) is 5.55. The Balaban J connectivity index is 2.21. The maximum atomic E-state index is 12.5. The van der Waals surface area contributed by atoms with Crippen LogP contribution in [-0.2, 0) is 0 Å². The molecule has 0 aliphatic carbocycles. The van der Waals surface area contributed by atoms with Crippen LogP contribution < -0.4 is 10.2 Å². The van der Waals surface area contributed by atoms with E-state index in [0.29, 0.717) is 27.4 Å². The Morgan fingerprint density at radius 3 is 2.67 bits per heavy atom. The highest BCUT2D eigenvalue weighted by Crippen LogP contribution is 2.25. The Kier molecular flexibility index (Phi) is 6.40. The van der Waals surface area contributed by atoms with Crippen molar-refractivity contribution < 1.29 is 4.79 Å². The number of hydrogen-bond donors (Lipinski definition) is 1. The molecule has 1 aromatic heterocycles. The molecule has 1 N–H and O–H groups in total. The lowest BCUT2D eigenvalue weighted by atomic mass is 10.2. The minimum atomic E-state index is -0.338. The van der Waals surface area contributed by atoms with Gasteiger partial charge in [-0.15, -0.1) is 0 Å². The van der Waals surface area contributed by atoms with Crippen molar-refractivity contribution in [1.29, 1.82) is 0 Å². The lowest BCUT2D eigenvalue weighted by Crippen LogP contribution is -2.23. The molecule has 0 saturated carbocycles. The summed E-state index contributed by atoms with van der Waals surface area (Å²) in [6.45, 7) is 4.80. The first-order valence-electron chi connectivity index (χ1n) is 7.74. The molecule has 7 heteroatoms. The number of unbranched alkanes of at least 4 members (excludes halogenated alkanes) is 1. The number of nitrogens with one attached hydrogen (secondary N) is 1. The third-order valence-corrected chi connectivity index (χ3v) is 3.99. The van der Waals surface area contributed by atoms with Gasteiger partial charge in [-0.3, -0.25) is 4.79 Å². The Hall–Kier alpha value is -1.85. The number of hydrogen-bond acceptors (Lipinski definition) is 4. The normalized spacial score (nSPS) is 10.5. The number of halogens is 2. The molecule has 0 spiro atoms. The first kappa shape index (κ1) is 18.5. The molecule has 1 aromatic carbocycles. The van der Waals surface area contributed by atoms with Crippen LogP contribution in [0.2, 0.25) is 10.0 Å². The molecular weight excluding hydrogens is 347 g/mol. The molecule has 128 valence electrons. The summed E-state index contributed by atoms with van der Waals surface area (Å²) in [6, 6.07) is 6.55. The monoisotopic (exact) mass is 366 g/mol. The average molecular weight is 367 g/mol. The van der Waals surface area contributed by atoms with E-state index in [-0.39, 0.29) is 5.91 Å². The minimum Gasteiger partial charge on any atom is -0.344 e. The van der Waals surface area contributed by atoms with Crippen LogP contribution in [0.1, 0.15) is 35.9 Å². The highest BCUT2D eigenvalue weighted by atomic mass is 35.5. The third-order valence-electron chi connectivity index (χ3n) is 3.44. The van der Waals surface area contributed by atoms with Gasteiger partial charge in [0, 0.05) is 24.3 Å². The second-order valence-corrected chi connectivity index (χ2v) is 6.39. The first-order valence-corrected chi connectivity index (χ1v) is 8.49. The van der Waals surface area contributed by atoms with Gasteiger partial charge in [0.1, 0.15) is 5.69 Å². The number of amides is 1. The van der Waals surface area contributed by atoms with Crippen molar-refractivity contribution in [1.82, 2.24) is 9.97 Å². The Morgan fingerprint density at radius 2 is 2.00 bits per heavy atom. The predicted molar refractivity (Wildman–Crippen MR) is 99.4 cm³/mol. The molecule has 0 unspecified atom stereocenters. The maximum Gasteiger partial charge on any atom is 0.274 e. The van der Waals surface area contributed by atoms with Crippen LogP contribution in [0.5, 0.6) is 0 Å². The second kappa shape index (κ2) is 8.31. The van der Waals surface area contributed by atoms with Crippen molar-refractivity contribution in [2.45, 2.75) is 26.7 Å². The van der Waals surface area contributed by atoms with Crippen LogP contribution in [-0.4, -0.2) is 29.5 Å². The van der Waals surface area contributed by atoms with Gasteiger partial charge in [0.25, 0.3) is 5.91 Å². The van der Waals surface area contributed by atoms with Crippen molar-refractivity contribution in [2.24, 2.45) is 0 Å². The number of rotatable bonds is 6. The van der Waals surface area contributed by atoms with E-state index in [2.05, 4.69) is 22.2 Å². The summed E-state index contributed by atoms with van der Waals surface area (Å²) in [6.07, 6.45) is 2.12. The van der Waals surface area contributed by atoms with E-state index in [1.165, 1.54) is 0 Å². The van der Waals surface area contributed by atoms with E-state index in [9.17, 15) is 4.79 Å². The van der Waals surface area contributed by atoms with Gasteiger partial charge in [-0.05, 0) is 37.6 Å². The van der Waals surface area contributed by atoms with Crippen LogP contribution in [0.4, 0.5) is 11.6 Å². The number of carbonyl (C=O) groups is 1. The zero-order valence-corrected chi connectivity index (χ0v) is 15.4. The summed E-state index contributed by atoms with van der Waals surface area (Å²) in [5.74, 6) is 0.200. The fourth-order valence-electron chi connectivity index (χ4n) is 2.11. The molecule has 24 heavy (non-hydrogen) atoms. The van der Waals surface area contributed by atoms with Gasteiger partial charge < -0.3 is 10.2 Å². The fourth-order valence-corrected chi connectivity index (χ4v) is 2.57. The minimum absolute atomic E-state index is 0.298. The fraction of sp³-hybridized carbons (Fsp3) is 0.353. The number of anilines is 2. The molecule has 2 aromatic rings. The lowest BCUT2D eigenvalue weighted by molar-refractivity contribution is 0.102. The van der Waals surface area contributed by atoms with Gasteiger partial charge in [-0.2, -0.15) is 0 Å². The molecule has 1 amide bonds. The van der Waals surface area contributed by atoms with E-state index in [0.717, 1.165) is 25.1 Å². The standard InChI is InChI=1S/C17H20Cl2N4O/c1-4-5-8-23(3)17-20-11(2)9-15(22-17)16(24)21-14-7-6-12(18)10-13(14)19/h6-7,9-10H,4-5,8H2,1-3H3,(H,21,24). The third kappa shape index (κ3) is 4.82. The summed E-state index contributed by atoms with van der Waals surface area (Å²) in [4.78, 5) is 23.2. The molecule has 5 nitrogen and oxygen atoms in total. The highest BCUT2D eigenvalue weighted by Gasteiger charge is 2.14. The molecule has 0 aliphatic heterocycles. The largest absolute Gasteiger partial charge is 0.344 e. The maximum absolute atomic E-state index is 12.5. The van der Waals surface area contributed by atoms with Gasteiger partial charge in [0.15, 0.2) is 0 Å². The van der Waals surface area contributed by atoms with Crippen LogP contribution in [0.15, 0.2) is 24.3 Å². The molecule has 0 atom stereocenters. The van der Waals surface area contributed by atoms with Crippen LogP contribution in [0.3, 0.4) is 0 Å². The summed E-state index contributed by atoms with van der Waals surface area (Å²) in [7, 11) is 1.92. The summed E-state index contributed by atoms with van der Waals surface area (Å²) < 4.78 is 0. The number of aromatic nitrogens is 2. The van der Waals surface area contributed by atoms with Gasteiger partial charge in [-0.1, -0.05) is 36.5 Å². The van der Waals surface area contributed by atoms with Crippen molar-refractivity contribution in [3.8, 4) is 0 Å². The van der Waals surface area contributed by atoms with Gasteiger partial charge in [0.2, 0.25) is 5.95 Å². The molecule has 0 aliphatic rings. The zero-order valence-electron chi connectivity index (χ0n) is 13.9. The zero-order chi connectivity index (χ0) is 17.7. The Morgan fingerprint density at radius 1 is 1.25 bits per heavy atom. The molecule has 2 rings (SSSR count). The van der Waals surface area contributed by atoms with E-state index in [1.54, 1.807) is 24.3 Å². The van der Waals surface area contributed by atoms with E-state index in [4.69, 9.17) is 23.2 Å². The van der Waals surface area contributed by atoms with Crippen LogP contribution in [0, 0.1) is 6.92 Å². The number of nitrogens with zero attached hydrogens (tertiary/aromatic N) is 3. The number of carbonyl (C=O) groups excluding carboxylic acids is 1. The summed E-state index contributed by atoms with van der Waals surface area (Å²) in [5.41, 5.74) is 1.52. The molecule has 0 fully saturated rings. The van der Waals surface area contributed by atoms with Crippen molar-refractivity contribution in [2.75, 3.05) is 23.8 Å². The van der Waals surface area contributed by atoms with Crippen LogP contribution >= 0.6 is 23.2 Å². The molecule has 0 radical (unpaired) electrons. The summed E-state index contributed by atoms with van der Waals surface area (Å²) >= 11 is 12.0. The average Bonchev–Trinajstić information content (AvgIpc) is 2.54. The molecular formula is C17H20Cl2N4O. The van der Waals surface area contributed by atoms with Crippen molar-refractivity contribution in [3.05, 3.63) is 45.7 Å². The van der Waals surface area contributed by atoms with Gasteiger partial charge in [0.05, 0.1) is 10.7 Å². The quantitative estimate of drug-likeness (QED) is 0.812. The number of aryl methyl sites for hydroxylation is 1. The smallest absolute Gasteiger partial charge is 0.274 e. The molecule has 0 saturated heterocycles. The van der Waals surface area contributed by atoms with Crippen LogP contribution in [0.25, 0.3) is 0 Å². The SMILES string of the molecule is CCCCN(C)c1nc(C)cc(C(=O)Nc2ccc(Cl)cc2Cl)n1. The first-order chi connectivity index (χ1) is 11.4. The molecule has 0 bridgehead atoms. The van der Waals surface area contributed by atoms with E-state index >= 15 is 0 Å². The number of benzene rings is 1. The Labute approximate surface area is 152 Å². The summed E-state index contributed by atoms with van der Waals surface area (Å²) in [5, 5.41) is 3.64. The van der Waals surface area contributed by atoms with E-state index < -0.39 is 0 Å². The predicted octanol–water partition coefficient (Wildman–Crippen LogP) is 4.58. The van der Waals surface area contributed by atoms with Crippen molar-refractivity contribution >= 4 is 40.7 Å². The van der Waals surface area contributed by atoms with Gasteiger partial charge in [-0.25, -0.2) is 9.97 Å². The lowest BCUT2D eigenvalue weighted by Gasteiger charge is -2.17. The van der Waals surface area contributed by atoms with Gasteiger partial charge >= 0.3 is 0 Å². The Bertz CT molecular complexity index is 737. The molecule has 1 heterocycles. The van der Waals surface area contributed by atoms with E-state index in [1.807, 2.05) is 18.9 Å².